The van der Waals surface area contributed by atoms with Crippen molar-refractivity contribution in [3.63, 3.8) is 0 Å². The highest BCUT2D eigenvalue weighted by Crippen LogP contribution is 2.30. The highest BCUT2D eigenvalue weighted by Gasteiger charge is 2.22. The van der Waals surface area contributed by atoms with Crippen LogP contribution in [0.2, 0.25) is 0 Å². The minimum absolute atomic E-state index is 0.133. The molecule has 1 aliphatic carbocycles. The van der Waals surface area contributed by atoms with Crippen LogP contribution in [0.1, 0.15) is 23.2 Å². The smallest absolute Gasteiger partial charge is 0.294 e. The SMILES string of the molecule is COc1cccc(Oc2cnn(C)c(=O)c2Nc2cccc(C(=O)NCC3CC3)c2)c1. The molecule has 0 saturated heterocycles. The number of rotatable bonds is 8. The number of carbonyl (C=O) groups excluding carboxylic acids is 1. The van der Waals surface area contributed by atoms with Gasteiger partial charge in [-0.2, -0.15) is 5.10 Å². The van der Waals surface area contributed by atoms with Crippen molar-refractivity contribution in [3.8, 4) is 17.2 Å². The zero-order chi connectivity index (χ0) is 21.8. The summed E-state index contributed by atoms with van der Waals surface area (Å²) in [5.74, 6) is 1.87. The van der Waals surface area contributed by atoms with E-state index in [2.05, 4.69) is 15.7 Å². The molecule has 0 bridgehead atoms. The van der Waals surface area contributed by atoms with Crippen LogP contribution >= 0.6 is 0 Å². The van der Waals surface area contributed by atoms with Gasteiger partial charge in [0.1, 0.15) is 11.5 Å². The average Bonchev–Trinajstić information content (AvgIpc) is 3.62. The van der Waals surface area contributed by atoms with E-state index in [1.165, 1.54) is 23.7 Å². The molecular weight excluding hydrogens is 396 g/mol. The molecule has 0 spiro atoms. The van der Waals surface area contributed by atoms with E-state index in [0.717, 1.165) is 0 Å². The van der Waals surface area contributed by atoms with Crippen LogP contribution in [0.3, 0.4) is 0 Å². The Hall–Kier alpha value is -3.81. The molecule has 0 atom stereocenters. The summed E-state index contributed by atoms with van der Waals surface area (Å²) in [7, 11) is 3.13. The van der Waals surface area contributed by atoms with Gasteiger partial charge in [-0.3, -0.25) is 9.59 Å². The van der Waals surface area contributed by atoms with Crippen LogP contribution < -0.4 is 25.7 Å². The second-order valence-corrected chi connectivity index (χ2v) is 7.45. The first-order valence-electron chi connectivity index (χ1n) is 10.1. The van der Waals surface area contributed by atoms with Gasteiger partial charge in [0.15, 0.2) is 11.4 Å². The van der Waals surface area contributed by atoms with Gasteiger partial charge < -0.3 is 20.1 Å². The summed E-state index contributed by atoms with van der Waals surface area (Å²) in [4.78, 5) is 25.2. The minimum Gasteiger partial charge on any atom is -0.497 e. The van der Waals surface area contributed by atoms with Crippen molar-refractivity contribution in [2.75, 3.05) is 19.0 Å². The van der Waals surface area contributed by atoms with E-state index < -0.39 is 0 Å². The molecule has 8 nitrogen and oxygen atoms in total. The van der Waals surface area contributed by atoms with Crippen molar-refractivity contribution in [3.05, 3.63) is 70.6 Å². The Kier molecular flexibility index (Phi) is 5.88. The van der Waals surface area contributed by atoms with E-state index in [-0.39, 0.29) is 22.9 Å². The maximum Gasteiger partial charge on any atom is 0.294 e. The molecule has 1 aliphatic rings. The standard InChI is InChI=1S/C23H24N4O4/c1-27-23(29)21(20(14-25-27)31-19-8-4-7-18(12-19)30-2)26-17-6-3-5-16(11-17)22(28)24-13-15-9-10-15/h3-8,11-12,14-15,26H,9-10,13H2,1-2H3,(H,24,28). The van der Waals surface area contributed by atoms with E-state index in [0.29, 0.717) is 35.2 Å². The summed E-state index contributed by atoms with van der Waals surface area (Å²) in [6.45, 7) is 0.694. The number of hydrogen-bond acceptors (Lipinski definition) is 6. The van der Waals surface area contributed by atoms with Gasteiger partial charge in [0.2, 0.25) is 0 Å². The lowest BCUT2D eigenvalue weighted by atomic mass is 10.2. The van der Waals surface area contributed by atoms with Crippen LogP contribution in [0, 0.1) is 5.92 Å². The first kappa shape index (κ1) is 20.5. The molecule has 1 heterocycles. The second kappa shape index (κ2) is 8.91. The average molecular weight is 420 g/mol. The number of anilines is 2. The lowest BCUT2D eigenvalue weighted by Crippen LogP contribution is -2.25. The van der Waals surface area contributed by atoms with Crippen LogP contribution in [0.15, 0.2) is 59.5 Å². The molecule has 0 aliphatic heterocycles. The Morgan fingerprint density at radius 1 is 1.16 bits per heavy atom. The molecule has 2 N–H and O–H groups in total. The molecule has 1 amide bonds. The fourth-order valence-electron chi connectivity index (χ4n) is 3.05. The minimum atomic E-state index is -0.357. The Balaban J connectivity index is 1.58. The lowest BCUT2D eigenvalue weighted by Gasteiger charge is -2.14. The number of ether oxygens (including phenoxy) is 2. The van der Waals surface area contributed by atoms with Crippen LogP contribution in [-0.4, -0.2) is 29.3 Å². The molecule has 2 aromatic carbocycles. The third-order valence-electron chi connectivity index (χ3n) is 5.01. The molecule has 0 unspecified atom stereocenters. The topological polar surface area (TPSA) is 94.5 Å². The van der Waals surface area contributed by atoms with Gasteiger partial charge in [-0.25, -0.2) is 4.68 Å². The molecule has 3 aromatic rings. The van der Waals surface area contributed by atoms with Crippen LogP contribution in [-0.2, 0) is 7.05 Å². The number of hydrogen-bond donors (Lipinski definition) is 2. The van der Waals surface area contributed by atoms with Crippen molar-refractivity contribution in [1.82, 2.24) is 15.1 Å². The predicted molar refractivity (Wildman–Crippen MR) is 117 cm³/mol. The molecule has 8 heteroatoms. The maximum absolute atomic E-state index is 12.8. The number of nitrogens with zero attached hydrogens (tertiary/aromatic N) is 2. The number of aromatic nitrogens is 2. The summed E-state index contributed by atoms with van der Waals surface area (Å²) in [6.07, 6.45) is 3.81. The zero-order valence-electron chi connectivity index (χ0n) is 17.4. The van der Waals surface area contributed by atoms with Gasteiger partial charge in [0.05, 0.1) is 13.3 Å². The first-order chi connectivity index (χ1) is 15.0. The second-order valence-electron chi connectivity index (χ2n) is 7.45. The molecule has 0 radical (unpaired) electrons. The van der Waals surface area contributed by atoms with Crippen LogP contribution in [0.5, 0.6) is 17.2 Å². The van der Waals surface area contributed by atoms with Crippen molar-refractivity contribution in [2.45, 2.75) is 12.8 Å². The van der Waals surface area contributed by atoms with E-state index in [4.69, 9.17) is 9.47 Å². The van der Waals surface area contributed by atoms with Gasteiger partial charge in [0, 0.05) is 30.9 Å². The third kappa shape index (κ3) is 5.03. The first-order valence-corrected chi connectivity index (χ1v) is 10.1. The maximum atomic E-state index is 12.8. The summed E-state index contributed by atoms with van der Waals surface area (Å²) in [6, 6.07) is 14.1. The van der Waals surface area contributed by atoms with Gasteiger partial charge in [-0.1, -0.05) is 12.1 Å². The molecule has 31 heavy (non-hydrogen) atoms. The normalized spacial score (nSPS) is 12.8. The number of benzene rings is 2. The largest absolute Gasteiger partial charge is 0.497 e. The molecule has 1 fully saturated rings. The van der Waals surface area contributed by atoms with E-state index in [9.17, 15) is 9.59 Å². The highest BCUT2D eigenvalue weighted by molar-refractivity contribution is 5.95. The van der Waals surface area contributed by atoms with E-state index in [1.807, 2.05) is 0 Å². The van der Waals surface area contributed by atoms with Gasteiger partial charge in [0.25, 0.3) is 11.5 Å². The van der Waals surface area contributed by atoms with Gasteiger partial charge >= 0.3 is 0 Å². The van der Waals surface area contributed by atoms with Crippen molar-refractivity contribution >= 4 is 17.3 Å². The molecule has 160 valence electrons. The van der Waals surface area contributed by atoms with Crippen LogP contribution in [0.4, 0.5) is 11.4 Å². The predicted octanol–water partition coefficient (Wildman–Crippen LogP) is 3.46. The number of carbonyl (C=O) groups is 1. The number of methoxy groups -OCH3 is 1. The lowest BCUT2D eigenvalue weighted by molar-refractivity contribution is 0.0952. The molecule has 1 saturated carbocycles. The number of amides is 1. The van der Waals surface area contributed by atoms with Crippen molar-refractivity contribution < 1.29 is 14.3 Å². The third-order valence-corrected chi connectivity index (χ3v) is 5.01. The van der Waals surface area contributed by atoms with Crippen molar-refractivity contribution in [2.24, 2.45) is 13.0 Å². The summed E-state index contributed by atoms with van der Waals surface area (Å²) in [5, 5.41) is 10.1. The summed E-state index contributed by atoms with van der Waals surface area (Å²) >= 11 is 0. The molecular formula is C23H24N4O4. The van der Waals surface area contributed by atoms with E-state index >= 15 is 0 Å². The fourth-order valence-corrected chi connectivity index (χ4v) is 3.05. The highest BCUT2D eigenvalue weighted by atomic mass is 16.5. The zero-order valence-corrected chi connectivity index (χ0v) is 17.4. The van der Waals surface area contributed by atoms with Crippen molar-refractivity contribution in [1.29, 1.82) is 0 Å². The Morgan fingerprint density at radius 2 is 1.94 bits per heavy atom. The quantitative estimate of drug-likeness (QED) is 0.580. The Labute approximate surface area is 179 Å². The monoisotopic (exact) mass is 420 g/mol. The molecule has 4 rings (SSSR count). The fraction of sp³-hybridized carbons (Fsp3) is 0.261. The van der Waals surface area contributed by atoms with Crippen LogP contribution in [0.25, 0.3) is 0 Å². The molecule has 1 aromatic heterocycles. The number of nitrogens with one attached hydrogen (secondary N) is 2. The Bertz CT molecular complexity index is 1150. The number of aryl methyl sites for hydroxylation is 1. The Morgan fingerprint density at radius 3 is 2.71 bits per heavy atom. The summed E-state index contributed by atoms with van der Waals surface area (Å²) < 4.78 is 12.3. The van der Waals surface area contributed by atoms with Gasteiger partial charge in [-0.05, 0) is 49.1 Å². The van der Waals surface area contributed by atoms with E-state index in [1.54, 1.807) is 62.7 Å². The summed E-state index contributed by atoms with van der Waals surface area (Å²) in [5.41, 5.74) is 0.976. The van der Waals surface area contributed by atoms with Gasteiger partial charge in [-0.15, -0.1) is 0 Å².